The number of rotatable bonds is 7. The lowest BCUT2D eigenvalue weighted by molar-refractivity contribution is 0.177. The van der Waals surface area contributed by atoms with Gasteiger partial charge >= 0.3 is 0 Å². The molecular weight excluding hydrogens is 304 g/mol. The van der Waals surface area contributed by atoms with Gasteiger partial charge in [0.15, 0.2) is 5.96 Å². The number of oxazole rings is 1. The third-order valence-corrected chi connectivity index (χ3v) is 3.61. The zero-order valence-electron chi connectivity index (χ0n) is 14.5. The summed E-state index contributed by atoms with van der Waals surface area (Å²) in [7, 11) is 0. The predicted octanol–water partition coefficient (Wildman–Crippen LogP) is 1.95. The number of aliphatic imine (C=N–C) groups is 1. The SMILES string of the molecule is CCNC(=NCc1nc(C)c(C)o1)NCC(O)Cc1ccccc1. The highest BCUT2D eigenvalue weighted by Crippen LogP contribution is 2.09. The van der Waals surface area contributed by atoms with Crippen molar-refractivity contribution >= 4 is 5.96 Å². The maximum Gasteiger partial charge on any atom is 0.216 e. The lowest BCUT2D eigenvalue weighted by atomic mass is 10.1. The number of hydrogen-bond acceptors (Lipinski definition) is 4. The zero-order valence-corrected chi connectivity index (χ0v) is 14.5. The van der Waals surface area contributed by atoms with Gasteiger partial charge in [-0.2, -0.15) is 0 Å². The van der Waals surface area contributed by atoms with E-state index in [1.54, 1.807) is 0 Å². The number of nitrogens with zero attached hydrogens (tertiary/aromatic N) is 2. The molecule has 0 fully saturated rings. The van der Waals surface area contributed by atoms with Gasteiger partial charge in [0.1, 0.15) is 12.3 Å². The van der Waals surface area contributed by atoms with E-state index in [4.69, 9.17) is 4.42 Å². The van der Waals surface area contributed by atoms with Crippen LogP contribution in [0.2, 0.25) is 0 Å². The Kier molecular flexibility index (Phi) is 6.81. The van der Waals surface area contributed by atoms with Crippen LogP contribution in [-0.4, -0.2) is 35.2 Å². The molecule has 1 atom stereocenters. The molecule has 0 spiro atoms. The van der Waals surface area contributed by atoms with E-state index in [2.05, 4.69) is 20.6 Å². The van der Waals surface area contributed by atoms with Gasteiger partial charge < -0.3 is 20.2 Å². The summed E-state index contributed by atoms with van der Waals surface area (Å²) >= 11 is 0. The van der Waals surface area contributed by atoms with Gasteiger partial charge in [-0.3, -0.25) is 0 Å². The molecule has 2 rings (SSSR count). The molecule has 1 aromatic heterocycles. The summed E-state index contributed by atoms with van der Waals surface area (Å²) in [6, 6.07) is 9.93. The molecule has 1 aromatic carbocycles. The highest BCUT2D eigenvalue weighted by atomic mass is 16.4. The molecule has 0 aliphatic rings. The van der Waals surface area contributed by atoms with Crippen molar-refractivity contribution in [2.75, 3.05) is 13.1 Å². The monoisotopic (exact) mass is 330 g/mol. The lowest BCUT2D eigenvalue weighted by Crippen LogP contribution is -2.41. The van der Waals surface area contributed by atoms with Crippen LogP contribution in [0, 0.1) is 13.8 Å². The number of benzene rings is 1. The molecule has 6 nitrogen and oxygen atoms in total. The second-order valence-electron chi connectivity index (χ2n) is 5.67. The second-order valence-corrected chi connectivity index (χ2v) is 5.67. The average molecular weight is 330 g/mol. The molecule has 0 aliphatic heterocycles. The van der Waals surface area contributed by atoms with Crippen molar-refractivity contribution in [3.8, 4) is 0 Å². The minimum atomic E-state index is -0.484. The fourth-order valence-electron chi connectivity index (χ4n) is 2.27. The molecular formula is C18H26N4O2. The van der Waals surface area contributed by atoms with E-state index >= 15 is 0 Å². The highest BCUT2D eigenvalue weighted by molar-refractivity contribution is 5.79. The van der Waals surface area contributed by atoms with Crippen LogP contribution in [0.25, 0.3) is 0 Å². The average Bonchev–Trinajstić information content (AvgIpc) is 2.89. The smallest absolute Gasteiger partial charge is 0.216 e. The van der Waals surface area contributed by atoms with Crippen molar-refractivity contribution in [2.24, 2.45) is 4.99 Å². The lowest BCUT2D eigenvalue weighted by Gasteiger charge is -2.15. The highest BCUT2D eigenvalue weighted by Gasteiger charge is 2.08. The van der Waals surface area contributed by atoms with Crippen LogP contribution in [0.1, 0.15) is 29.8 Å². The molecule has 1 unspecified atom stereocenters. The van der Waals surface area contributed by atoms with Crippen LogP contribution < -0.4 is 10.6 Å². The number of aliphatic hydroxyl groups excluding tert-OH is 1. The summed E-state index contributed by atoms with van der Waals surface area (Å²) in [4.78, 5) is 8.76. The Bertz CT molecular complexity index is 633. The molecule has 2 aromatic rings. The third kappa shape index (κ3) is 5.70. The first-order valence-corrected chi connectivity index (χ1v) is 8.25. The van der Waals surface area contributed by atoms with Gasteiger partial charge in [0.2, 0.25) is 5.89 Å². The molecule has 6 heteroatoms. The number of hydrogen-bond donors (Lipinski definition) is 3. The van der Waals surface area contributed by atoms with E-state index in [0.717, 1.165) is 23.6 Å². The fourth-order valence-corrected chi connectivity index (χ4v) is 2.27. The second kappa shape index (κ2) is 9.08. The van der Waals surface area contributed by atoms with Crippen LogP contribution in [0.5, 0.6) is 0 Å². The minimum absolute atomic E-state index is 0.360. The van der Waals surface area contributed by atoms with Gasteiger partial charge in [0.05, 0.1) is 11.8 Å². The Morgan fingerprint density at radius 3 is 2.62 bits per heavy atom. The predicted molar refractivity (Wildman–Crippen MR) is 94.9 cm³/mol. The largest absolute Gasteiger partial charge is 0.444 e. The van der Waals surface area contributed by atoms with Gasteiger partial charge in [-0.25, -0.2) is 9.98 Å². The number of aliphatic hydroxyl groups is 1. The Hall–Kier alpha value is -2.34. The van der Waals surface area contributed by atoms with Gasteiger partial charge in [-0.15, -0.1) is 0 Å². The van der Waals surface area contributed by atoms with Gasteiger partial charge in [-0.1, -0.05) is 30.3 Å². The first kappa shape index (κ1) is 18.0. The summed E-state index contributed by atoms with van der Waals surface area (Å²) in [5, 5.41) is 16.5. The maximum absolute atomic E-state index is 10.2. The van der Waals surface area contributed by atoms with E-state index < -0.39 is 6.10 Å². The summed E-state index contributed by atoms with van der Waals surface area (Å²) in [6.07, 6.45) is 0.119. The normalized spacial score (nSPS) is 12.9. The van der Waals surface area contributed by atoms with Crippen molar-refractivity contribution in [3.63, 3.8) is 0 Å². The molecule has 0 saturated heterocycles. The molecule has 24 heavy (non-hydrogen) atoms. The Morgan fingerprint density at radius 1 is 1.25 bits per heavy atom. The van der Waals surface area contributed by atoms with Crippen molar-refractivity contribution in [2.45, 2.75) is 39.8 Å². The zero-order chi connectivity index (χ0) is 17.4. The summed E-state index contributed by atoms with van der Waals surface area (Å²) < 4.78 is 5.52. The Labute approximate surface area is 143 Å². The van der Waals surface area contributed by atoms with Crippen LogP contribution in [0.4, 0.5) is 0 Å². The Balaban J connectivity index is 1.86. The molecule has 130 valence electrons. The quantitative estimate of drug-likeness (QED) is 0.534. The van der Waals surface area contributed by atoms with Crippen molar-refractivity contribution in [1.82, 2.24) is 15.6 Å². The van der Waals surface area contributed by atoms with Crippen LogP contribution in [0.15, 0.2) is 39.7 Å². The van der Waals surface area contributed by atoms with E-state index in [1.165, 1.54) is 0 Å². The first-order chi connectivity index (χ1) is 11.6. The molecule has 1 heterocycles. The third-order valence-electron chi connectivity index (χ3n) is 3.61. The standard InChI is InChI=1S/C18H26N4O2/c1-4-19-18(21-12-17-22-13(2)14(3)24-17)20-11-16(23)10-15-8-6-5-7-9-15/h5-9,16,23H,4,10-12H2,1-3H3,(H2,19,20,21). The summed E-state index contributed by atoms with van der Waals surface area (Å²) in [5.41, 5.74) is 2.00. The molecule has 3 N–H and O–H groups in total. The van der Waals surface area contributed by atoms with E-state index in [1.807, 2.05) is 51.1 Å². The molecule has 0 aliphatic carbocycles. The van der Waals surface area contributed by atoms with E-state index in [-0.39, 0.29) is 0 Å². The summed E-state index contributed by atoms with van der Waals surface area (Å²) in [5.74, 6) is 2.04. The number of aryl methyl sites for hydroxylation is 2. The summed E-state index contributed by atoms with van der Waals surface area (Å²) in [6.45, 7) is 7.32. The number of nitrogens with one attached hydrogen (secondary N) is 2. The van der Waals surface area contributed by atoms with Crippen LogP contribution >= 0.6 is 0 Å². The van der Waals surface area contributed by atoms with Gasteiger partial charge in [0, 0.05) is 19.5 Å². The van der Waals surface area contributed by atoms with Crippen molar-refractivity contribution in [3.05, 3.63) is 53.2 Å². The van der Waals surface area contributed by atoms with Gasteiger partial charge in [-0.05, 0) is 26.3 Å². The van der Waals surface area contributed by atoms with E-state index in [9.17, 15) is 5.11 Å². The minimum Gasteiger partial charge on any atom is -0.444 e. The van der Waals surface area contributed by atoms with Crippen LogP contribution in [0.3, 0.4) is 0 Å². The van der Waals surface area contributed by atoms with Crippen molar-refractivity contribution < 1.29 is 9.52 Å². The number of aromatic nitrogens is 1. The van der Waals surface area contributed by atoms with Crippen LogP contribution in [-0.2, 0) is 13.0 Å². The molecule has 0 bridgehead atoms. The fraction of sp³-hybridized carbons (Fsp3) is 0.444. The first-order valence-electron chi connectivity index (χ1n) is 8.25. The van der Waals surface area contributed by atoms with E-state index in [0.29, 0.717) is 31.4 Å². The number of guanidine groups is 1. The van der Waals surface area contributed by atoms with Crippen molar-refractivity contribution in [1.29, 1.82) is 0 Å². The van der Waals surface area contributed by atoms with Gasteiger partial charge in [0.25, 0.3) is 0 Å². The topological polar surface area (TPSA) is 82.7 Å². The molecule has 0 radical (unpaired) electrons. The Morgan fingerprint density at radius 2 is 2.00 bits per heavy atom. The maximum atomic E-state index is 10.2. The molecule has 0 saturated carbocycles. The molecule has 0 amide bonds.